The first kappa shape index (κ1) is 22.2. The van der Waals surface area contributed by atoms with Crippen molar-refractivity contribution in [2.75, 3.05) is 39.3 Å². The van der Waals surface area contributed by atoms with Gasteiger partial charge in [0, 0.05) is 57.7 Å². The zero-order chi connectivity index (χ0) is 22.7. The summed E-state index contributed by atoms with van der Waals surface area (Å²) in [5, 5.41) is 5.24. The molecule has 1 fully saturated rings. The van der Waals surface area contributed by atoms with E-state index in [9.17, 15) is 14.4 Å². The predicted molar refractivity (Wildman–Crippen MR) is 125 cm³/mol. The lowest BCUT2D eigenvalue weighted by Crippen LogP contribution is -2.50. The van der Waals surface area contributed by atoms with Gasteiger partial charge in [-0.25, -0.2) is 4.98 Å². The van der Waals surface area contributed by atoms with E-state index in [-0.39, 0.29) is 22.8 Å². The van der Waals surface area contributed by atoms with Crippen LogP contribution in [0.4, 0.5) is 0 Å². The van der Waals surface area contributed by atoms with Crippen LogP contribution in [-0.4, -0.2) is 70.4 Å². The number of fused-ring (bicyclic) bond motifs is 1. The third kappa shape index (κ3) is 4.58. The van der Waals surface area contributed by atoms with Crippen molar-refractivity contribution in [1.29, 1.82) is 0 Å². The normalized spacial score (nSPS) is 14.6. The molecule has 0 aliphatic carbocycles. The van der Waals surface area contributed by atoms with Crippen molar-refractivity contribution < 1.29 is 9.59 Å². The monoisotopic (exact) mass is 453 g/mol. The van der Waals surface area contributed by atoms with Crippen LogP contribution in [0.15, 0.2) is 40.6 Å². The molecular weight excluding hydrogens is 426 g/mol. The molecule has 32 heavy (non-hydrogen) atoms. The molecule has 0 radical (unpaired) electrons. The number of pyridine rings is 2. The highest BCUT2D eigenvalue weighted by atomic mass is 32.1. The van der Waals surface area contributed by atoms with Crippen molar-refractivity contribution in [3.63, 3.8) is 0 Å². The summed E-state index contributed by atoms with van der Waals surface area (Å²) in [4.78, 5) is 47.4. The Balaban J connectivity index is 1.33. The van der Waals surface area contributed by atoms with Gasteiger partial charge in [-0.05, 0) is 37.4 Å². The molecular formula is C23H27N5O3S. The van der Waals surface area contributed by atoms with Crippen molar-refractivity contribution in [2.24, 2.45) is 0 Å². The Labute approximate surface area is 190 Å². The van der Waals surface area contributed by atoms with Gasteiger partial charge in [-0.2, -0.15) is 0 Å². The Kier molecular flexibility index (Phi) is 6.66. The average Bonchev–Trinajstić information content (AvgIpc) is 3.34. The molecule has 1 aliphatic rings. The van der Waals surface area contributed by atoms with Crippen LogP contribution in [0.1, 0.15) is 32.6 Å². The Morgan fingerprint density at radius 3 is 2.62 bits per heavy atom. The number of hydrogen-bond acceptors (Lipinski definition) is 6. The third-order valence-corrected chi connectivity index (χ3v) is 6.61. The molecule has 0 bridgehead atoms. The molecule has 1 aliphatic heterocycles. The number of hydrogen-bond donors (Lipinski definition) is 1. The van der Waals surface area contributed by atoms with E-state index in [1.807, 2.05) is 40.8 Å². The molecule has 0 aromatic carbocycles. The van der Waals surface area contributed by atoms with Gasteiger partial charge >= 0.3 is 0 Å². The average molecular weight is 454 g/mol. The Morgan fingerprint density at radius 1 is 1.16 bits per heavy atom. The van der Waals surface area contributed by atoms with Gasteiger partial charge in [0.25, 0.3) is 11.8 Å². The van der Waals surface area contributed by atoms with Crippen LogP contribution >= 0.6 is 11.3 Å². The van der Waals surface area contributed by atoms with Gasteiger partial charge in [0.1, 0.15) is 11.2 Å². The third-order valence-electron chi connectivity index (χ3n) is 5.75. The van der Waals surface area contributed by atoms with Crippen LogP contribution < -0.4 is 10.7 Å². The van der Waals surface area contributed by atoms with E-state index in [4.69, 9.17) is 0 Å². The van der Waals surface area contributed by atoms with E-state index < -0.39 is 0 Å². The van der Waals surface area contributed by atoms with Crippen LogP contribution in [0.5, 0.6) is 0 Å². The zero-order valence-electron chi connectivity index (χ0n) is 18.3. The maximum atomic E-state index is 12.9. The summed E-state index contributed by atoms with van der Waals surface area (Å²) in [5.74, 6) is -0.285. The number of nitrogens with zero attached hydrogens (tertiary/aromatic N) is 4. The topological polar surface area (TPSA) is 87.5 Å². The smallest absolute Gasteiger partial charge is 0.264 e. The van der Waals surface area contributed by atoms with Gasteiger partial charge < -0.3 is 14.8 Å². The van der Waals surface area contributed by atoms with Crippen LogP contribution in [-0.2, 0) is 6.54 Å². The molecule has 0 spiro atoms. The van der Waals surface area contributed by atoms with Gasteiger partial charge in [-0.15, -0.1) is 11.3 Å². The summed E-state index contributed by atoms with van der Waals surface area (Å²) >= 11 is 1.46. The summed E-state index contributed by atoms with van der Waals surface area (Å²) in [6.07, 6.45) is 1.60. The second-order valence-corrected chi connectivity index (χ2v) is 8.80. The molecule has 8 nitrogen and oxygen atoms in total. The summed E-state index contributed by atoms with van der Waals surface area (Å²) in [6, 6.07) is 7.26. The van der Waals surface area contributed by atoms with Crippen LogP contribution in [0, 0.1) is 6.92 Å². The highest BCUT2D eigenvalue weighted by Crippen LogP contribution is 2.14. The van der Waals surface area contributed by atoms with Crippen LogP contribution in [0.2, 0.25) is 0 Å². The lowest BCUT2D eigenvalue weighted by molar-refractivity contribution is 0.0642. The molecule has 0 atom stereocenters. The SMILES string of the molecule is CCn1cc(C(=O)NCCN2CCN(C(=O)c3cccs3)CC2)c(=O)c2ccc(C)nc21. The van der Waals surface area contributed by atoms with Crippen molar-refractivity contribution in [3.8, 4) is 0 Å². The Morgan fingerprint density at radius 2 is 1.94 bits per heavy atom. The van der Waals surface area contributed by atoms with Gasteiger partial charge in [-0.1, -0.05) is 6.07 Å². The fraction of sp³-hybridized carbons (Fsp3) is 0.391. The van der Waals surface area contributed by atoms with E-state index in [2.05, 4.69) is 15.2 Å². The number of thiophene rings is 1. The number of carbonyl (C=O) groups is 2. The number of nitrogens with one attached hydrogen (secondary N) is 1. The van der Waals surface area contributed by atoms with E-state index in [0.29, 0.717) is 43.8 Å². The number of carbonyl (C=O) groups excluding carboxylic acids is 2. The molecule has 3 aromatic rings. The minimum atomic E-state index is -0.369. The molecule has 4 heterocycles. The molecule has 9 heteroatoms. The molecule has 2 amide bonds. The number of rotatable bonds is 6. The molecule has 1 N–H and O–H groups in total. The minimum Gasteiger partial charge on any atom is -0.351 e. The fourth-order valence-corrected chi connectivity index (χ4v) is 4.61. The largest absolute Gasteiger partial charge is 0.351 e. The molecule has 1 saturated heterocycles. The number of amides is 2. The van der Waals surface area contributed by atoms with Gasteiger partial charge in [-0.3, -0.25) is 19.3 Å². The highest BCUT2D eigenvalue weighted by Gasteiger charge is 2.23. The maximum absolute atomic E-state index is 12.9. The highest BCUT2D eigenvalue weighted by molar-refractivity contribution is 7.12. The van der Waals surface area contributed by atoms with Crippen LogP contribution in [0.25, 0.3) is 11.0 Å². The second-order valence-electron chi connectivity index (χ2n) is 7.85. The first-order valence-corrected chi connectivity index (χ1v) is 11.7. The Hall–Kier alpha value is -3.04. The fourth-order valence-electron chi connectivity index (χ4n) is 3.92. The van der Waals surface area contributed by atoms with Crippen molar-refractivity contribution in [1.82, 2.24) is 24.7 Å². The predicted octanol–water partition coefficient (Wildman–Crippen LogP) is 1.97. The number of aromatic nitrogens is 2. The maximum Gasteiger partial charge on any atom is 0.264 e. The quantitative estimate of drug-likeness (QED) is 0.617. The van der Waals surface area contributed by atoms with Gasteiger partial charge in [0.2, 0.25) is 5.43 Å². The lowest BCUT2D eigenvalue weighted by Gasteiger charge is -2.34. The Bertz CT molecular complexity index is 1180. The summed E-state index contributed by atoms with van der Waals surface area (Å²) in [5.41, 5.74) is 1.27. The number of aryl methyl sites for hydroxylation is 2. The van der Waals surface area contributed by atoms with E-state index in [1.54, 1.807) is 18.3 Å². The second kappa shape index (κ2) is 9.62. The van der Waals surface area contributed by atoms with Crippen molar-refractivity contribution >= 4 is 34.2 Å². The van der Waals surface area contributed by atoms with Crippen molar-refractivity contribution in [2.45, 2.75) is 20.4 Å². The summed E-state index contributed by atoms with van der Waals surface area (Å²) < 4.78 is 1.84. The molecule has 0 saturated carbocycles. The van der Waals surface area contributed by atoms with E-state index in [0.717, 1.165) is 23.7 Å². The minimum absolute atomic E-state index is 0.0844. The van der Waals surface area contributed by atoms with Crippen molar-refractivity contribution in [3.05, 3.63) is 62.2 Å². The molecule has 4 rings (SSSR count). The summed E-state index contributed by atoms with van der Waals surface area (Å²) in [6.45, 7) is 8.42. The molecule has 3 aromatic heterocycles. The van der Waals surface area contributed by atoms with E-state index >= 15 is 0 Å². The van der Waals surface area contributed by atoms with Crippen LogP contribution in [0.3, 0.4) is 0 Å². The summed E-state index contributed by atoms with van der Waals surface area (Å²) in [7, 11) is 0. The van der Waals surface area contributed by atoms with Gasteiger partial charge in [0.15, 0.2) is 0 Å². The lowest BCUT2D eigenvalue weighted by atomic mass is 10.1. The molecule has 0 unspecified atom stereocenters. The first-order valence-electron chi connectivity index (χ1n) is 10.8. The number of piperazine rings is 1. The van der Waals surface area contributed by atoms with Gasteiger partial charge in [0.05, 0.1) is 10.3 Å². The zero-order valence-corrected chi connectivity index (χ0v) is 19.2. The molecule has 168 valence electrons. The standard InChI is InChI=1S/C23H27N5O3S/c1-3-27-15-18(20(29)17-7-6-16(2)25-21(17)27)22(30)24-8-9-26-10-12-28(13-11-26)23(31)19-5-4-14-32-19/h4-7,14-15H,3,8-13H2,1-2H3,(H,24,30). The first-order chi connectivity index (χ1) is 15.5. The van der Waals surface area contributed by atoms with E-state index in [1.165, 1.54) is 11.3 Å².